The second-order valence-corrected chi connectivity index (χ2v) is 4.47. The van der Waals surface area contributed by atoms with E-state index in [1.165, 1.54) is 37.3 Å². The molecule has 0 unspecified atom stereocenters. The maximum Gasteiger partial charge on any atom is 0.311 e. The van der Waals surface area contributed by atoms with Crippen molar-refractivity contribution in [1.82, 2.24) is 4.90 Å². The minimum absolute atomic E-state index is 0.0514. The number of hydrogen-bond donors (Lipinski definition) is 0. The number of alkyl halides is 1. The molecule has 0 bridgehead atoms. The van der Waals surface area contributed by atoms with E-state index in [2.05, 4.69) is 0 Å². The van der Waals surface area contributed by atoms with Gasteiger partial charge in [-0.3, -0.25) is 14.9 Å². The fourth-order valence-corrected chi connectivity index (χ4v) is 2.04. The van der Waals surface area contributed by atoms with Crippen molar-refractivity contribution in [2.45, 2.75) is 0 Å². The molecule has 7 nitrogen and oxygen atoms in total. The predicted octanol–water partition coefficient (Wildman–Crippen LogP) is 1.93. The summed E-state index contributed by atoms with van der Waals surface area (Å²) < 4.78 is 9.99. The number of methoxy groups -OCH3 is 2. The van der Waals surface area contributed by atoms with Gasteiger partial charge in [0, 0.05) is 32.1 Å². The highest BCUT2D eigenvalue weighted by molar-refractivity contribution is 6.18. The lowest BCUT2D eigenvalue weighted by Crippen LogP contribution is -2.35. The Balaban J connectivity index is 3.14. The summed E-state index contributed by atoms with van der Waals surface area (Å²) in [6.45, 7) is 1.00. The summed E-state index contributed by atoms with van der Waals surface area (Å²) in [4.78, 5) is 24.4. The number of nitro groups is 1. The topological polar surface area (TPSA) is 81.9 Å². The maximum atomic E-state index is 12.5. The van der Waals surface area contributed by atoms with Crippen LogP contribution in [0, 0.1) is 10.1 Å². The molecular weight excluding hydrogens is 300 g/mol. The smallest absolute Gasteiger partial charge is 0.311 e. The fraction of sp³-hybridized carbons (Fsp3) is 0.462. The standard InChI is InChI=1S/C13H17ClN2O5/c1-20-9-8-15(7-6-14)13(17)10-4-3-5-11(16(18)19)12(10)21-2/h3-5H,6-9H2,1-2H3. The zero-order valence-electron chi connectivity index (χ0n) is 11.9. The second kappa shape index (κ2) is 8.43. The number of nitrogens with zero attached hydrogens (tertiary/aromatic N) is 2. The lowest BCUT2D eigenvalue weighted by atomic mass is 10.1. The molecule has 1 aromatic rings. The SMILES string of the molecule is COCCN(CCCl)C(=O)c1cccc([N+](=O)[O-])c1OC. The molecule has 116 valence electrons. The average molecular weight is 317 g/mol. The average Bonchev–Trinajstić information content (AvgIpc) is 2.49. The van der Waals surface area contributed by atoms with E-state index in [1.54, 1.807) is 0 Å². The molecule has 0 aliphatic heterocycles. The molecule has 1 aromatic carbocycles. The van der Waals surface area contributed by atoms with Gasteiger partial charge in [-0.25, -0.2) is 0 Å². The Morgan fingerprint density at radius 3 is 2.62 bits per heavy atom. The third-order valence-electron chi connectivity index (χ3n) is 2.83. The summed E-state index contributed by atoms with van der Waals surface area (Å²) in [6.07, 6.45) is 0. The Morgan fingerprint density at radius 2 is 2.10 bits per heavy atom. The molecule has 0 saturated heterocycles. The van der Waals surface area contributed by atoms with Crippen molar-refractivity contribution in [3.63, 3.8) is 0 Å². The molecule has 0 aliphatic rings. The summed E-state index contributed by atoms with van der Waals surface area (Å²) in [6, 6.07) is 4.22. The Labute approximate surface area is 127 Å². The van der Waals surface area contributed by atoms with Gasteiger partial charge in [0.15, 0.2) is 0 Å². The highest BCUT2D eigenvalue weighted by atomic mass is 35.5. The van der Waals surface area contributed by atoms with Gasteiger partial charge in [0.25, 0.3) is 5.91 Å². The van der Waals surface area contributed by atoms with Gasteiger partial charge in [0.05, 0.1) is 24.2 Å². The van der Waals surface area contributed by atoms with Crippen LogP contribution in [-0.2, 0) is 4.74 Å². The van der Waals surface area contributed by atoms with Crippen molar-refractivity contribution < 1.29 is 19.2 Å². The van der Waals surface area contributed by atoms with Crippen molar-refractivity contribution >= 4 is 23.2 Å². The Bertz CT molecular complexity index is 509. The van der Waals surface area contributed by atoms with Crippen molar-refractivity contribution in [3.8, 4) is 5.75 Å². The molecule has 0 heterocycles. The molecule has 0 N–H and O–H groups in total. The number of hydrogen-bond acceptors (Lipinski definition) is 5. The minimum atomic E-state index is -0.587. The Hall–Kier alpha value is -1.86. The van der Waals surface area contributed by atoms with Crippen molar-refractivity contribution in [2.75, 3.05) is 39.8 Å². The first kappa shape index (κ1) is 17.2. The molecule has 1 amide bonds. The van der Waals surface area contributed by atoms with E-state index < -0.39 is 4.92 Å². The molecule has 0 spiro atoms. The van der Waals surface area contributed by atoms with Gasteiger partial charge in [0.2, 0.25) is 5.75 Å². The third-order valence-corrected chi connectivity index (χ3v) is 3.00. The van der Waals surface area contributed by atoms with Crippen molar-refractivity contribution in [1.29, 1.82) is 0 Å². The number of rotatable bonds is 8. The Morgan fingerprint density at radius 1 is 1.38 bits per heavy atom. The van der Waals surface area contributed by atoms with Gasteiger partial charge in [0.1, 0.15) is 0 Å². The summed E-state index contributed by atoms with van der Waals surface area (Å²) in [5, 5.41) is 11.0. The highest BCUT2D eigenvalue weighted by Crippen LogP contribution is 2.31. The predicted molar refractivity (Wildman–Crippen MR) is 78.1 cm³/mol. The number of amides is 1. The van der Waals surface area contributed by atoms with Crippen molar-refractivity contribution in [2.24, 2.45) is 0 Å². The van der Waals surface area contributed by atoms with Crippen LogP contribution < -0.4 is 4.74 Å². The fourth-order valence-electron chi connectivity index (χ4n) is 1.84. The van der Waals surface area contributed by atoms with Gasteiger partial charge < -0.3 is 14.4 Å². The molecule has 0 aliphatic carbocycles. The first-order valence-electron chi connectivity index (χ1n) is 6.22. The highest BCUT2D eigenvalue weighted by Gasteiger charge is 2.25. The quantitative estimate of drug-likeness (QED) is 0.416. The van der Waals surface area contributed by atoms with E-state index in [-0.39, 0.29) is 28.8 Å². The van der Waals surface area contributed by atoms with Crippen LogP contribution in [0.25, 0.3) is 0 Å². The number of nitro benzene ring substituents is 1. The van der Waals surface area contributed by atoms with E-state index in [4.69, 9.17) is 21.1 Å². The van der Waals surface area contributed by atoms with E-state index in [0.717, 1.165) is 0 Å². The second-order valence-electron chi connectivity index (χ2n) is 4.09. The van der Waals surface area contributed by atoms with Gasteiger partial charge in [-0.05, 0) is 6.07 Å². The van der Waals surface area contributed by atoms with Crippen LogP contribution in [0.1, 0.15) is 10.4 Å². The molecule has 0 saturated carbocycles. The van der Waals surface area contributed by atoms with Gasteiger partial charge >= 0.3 is 5.69 Å². The summed E-state index contributed by atoms with van der Waals surface area (Å²) in [7, 11) is 2.82. The zero-order valence-corrected chi connectivity index (χ0v) is 12.6. The van der Waals surface area contributed by atoms with Crippen LogP contribution in [0.15, 0.2) is 18.2 Å². The summed E-state index contributed by atoms with van der Waals surface area (Å²) in [5.41, 5.74) is -0.117. The maximum absolute atomic E-state index is 12.5. The van der Waals surface area contributed by atoms with Crippen molar-refractivity contribution in [3.05, 3.63) is 33.9 Å². The first-order chi connectivity index (χ1) is 10.1. The zero-order chi connectivity index (χ0) is 15.8. The number of ether oxygens (including phenoxy) is 2. The molecule has 0 radical (unpaired) electrons. The van der Waals surface area contributed by atoms with Crippen LogP contribution >= 0.6 is 11.6 Å². The number of carbonyl (C=O) groups is 1. The minimum Gasteiger partial charge on any atom is -0.490 e. The Kier molecular flexibility index (Phi) is 6.90. The number of para-hydroxylation sites is 1. The molecule has 21 heavy (non-hydrogen) atoms. The van der Waals surface area contributed by atoms with E-state index in [1.807, 2.05) is 0 Å². The van der Waals surface area contributed by atoms with E-state index >= 15 is 0 Å². The van der Waals surface area contributed by atoms with Crippen LogP contribution in [0.5, 0.6) is 5.75 Å². The lowest BCUT2D eigenvalue weighted by Gasteiger charge is -2.22. The molecule has 8 heteroatoms. The molecular formula is C13H17ClN2O5. The van der Waals surface area contributed by atoms with Crippen LogP contribution in [0.2, 0.25) is 0 Å². The molecule has 1 rings (SSSR count). The first-order valence-corrected chi connectivity index (χ1v) is 6.75. The van der Waals surface area contributed by atoms with Gasteiger partial charge in [-0.2, -0.15) is 0 Å². The molecule has 0 fully saturated rings. The van der Waals surface area contributed by atoms with Gasteiger partial charge in [-0.1, -0.05) is 6.07 Å². The van der Waals surface area contributed by atoms with Crippen LogP contribution in [-0.4, -0.2) is 55.5 Å². The normalized spacial score (nSPS) is 10.2. The summed E-state index contributed by atoms with van der Waals surface area (Å²) >= 11 is 5.69. The van der Waals surface area contributed by atoms with Crippen LogP contribution in [0.3, 0.4) is 0 Å². The summed E-state index contributed by atoms with van der Waals surface area (Å²) in [5.74, 6) is -0.176. The van der Waals surface area contributed by atoms with E-state index in [9.17, 15) is 14.9 Å². The number of carbonyl (C=O) groups excluding carboxylic acids is 1. The monoisotopic (exact) mass is 316 g/mol. The third kappa shape index (κ3) is 4.30. The van der Waals surface area contributed by atoms with E-state index in [0.29, 0.717) is 19.7 Å². The number of benzene rings is 1. The number of halogens is 1. The molecule has 0 aromatic heterocycles. The van der Waals surface area contributed by atoms with Gasteiger partial charge in [-0.15, -0.1) is 11.6 Å². The lowest BCUT2D eigenvalue weighted by molar-refractivity contribution is -0.385. The molecule has 0 atom stereocenters. The largest absolute Gasteiger partial charge is 0.490 e. The van der Waals surface area contributed by atoms with Crippen LogP contribution in [0.4, 0.5) is 5.69 Å².